The van der Waals surface area contributed by atoms with Crippen LogP contribution >= 0.6 is 0 Å². The number of hydrogen-bond donors (Lipinski definition) is 1. The Morgan fingerprint density at radius 3 is 2.45 bits per heavy atom. The maximum atomic E-state index is 12.8. The average Bonchev–Trinajstić information content (AvgIpc) is 2.69. The van der Waals surface area contributed by atoms with Crippen molar-refractivity contribution in [1.29, 1.82) is 0 Å². The van der Waals surface area contributed by atoms with E-state index in [1.54, 1.807) is 6.07 Å². The standard InChI is InChI=1S/C23H18O6/c1-23(2,22(25)26)29-17-9-10-18-19(12-17)27-13-20(21(18)24)28-16-8-7-14-5-3-4-6-15(14)11-16/h3-13H,1-2H3,(H,25,26). The number of ether oxygens (including phenoxy) is 2. The fourth-order valence-corrected chi connectivity index (χ4v) is 2.92. The molecule has 0 aliphatic heterocycles. The lowest BCUT2D eigenvalue weighted by atomic mass is 10.1. The van der Waals surface area contributed by atoms with E-state index in [0.717, 1.165) is 10.8 Å². The van der Waals surface area contributed by atoms with E-state index in [2.05, 4.69) is 0 Å². The van der Waals surface area contributed by atoms with Crippen LogP contribution in [0.25, 0.3) is 21.7 Å². The van der Waals surface area contributed by atoms with Gasteiger partial charge in [-0.2, -0.15) is 0 Å². The van der Waals surface area contributed by atoms with E-state index in [0.29, 0.717) is 11.1 Å². The van der Waals surface area contributed by atoms with Crippen molar-refractivity contribution >= 4 is 27.7 Å². The Bertz CT molecular complexity index is 1290. The van der Waals surface area contributed by atoms with Crippen molar-refractivity contribution in [3.05, 3.63) is 77.2 Å². The van der Waals surface area contributed by atoms with Gasteiger partial charge >= 0.3 is 5.97 Å². The summed E-state index contributed by atoms with van der Waals surface area (Å²) in [5, 5.41) is 11.6. The second-order valence-electron chi connectivity index (χ2n) is 7.12. The minimum atomic E-state index is -1.41. The van der Waals surface area contributed by atoms with Crippen LogP contribution in [0.5, 0.6) is 17.2 Å². The molecule has 0 amide bonds. The molecule has 3 aromatic carbocycles. The molecule has 4 rings (SSSR count). The van der Waals surface area contributed by atoms with Gasteiger partial charge < -0.3 is 19.0 Å². The molecule has 4 aromatic rings. The van der Waals surface area contributed by atoms with Gasteiger partial charge in [0, 0.05) is 6.07 Å². The van der Waals surface area contributed by atoms with Crippen LogP contribution in [0.1, 0.15) is 13.8 Å². The van der Waals surface area contributed by atoms with Gasteiger partial charge in [0.2, 0.25) is 11.2 Å². The minimum absolute atomic E-state index is 0.0623. The van der Waals surface area contributed by atoms with Crippen LogP contribution in [0.3, 0.4) is 0 Å². The van der Waals surface area contributed by atoms with E-state index in [9.17, 15) is 14.7 Å². The van der Waals surface area contributed by atoms with Crippen molar-refractivity contribution in [2.24, 2.45) is 0 Å². The molecule has 1 aromatic heterocycles. The van der Waals surface area contributed by atoms with Gasteiger partial charge in [-0.3, -0.25) is 4.79 Å². The summed E-state index contributed by atoms with van der Waals surface area (Å²) in [6.45, 7) is 2.88. The zero-order valence-corrected chi connectivity index (χ0v) is 15.8. The van der Waals surface area contributed by atoms with Gasteiger partial charge in [0.05, 0.1) is 5.39 Å². The first-order valence-electron chi connectivity index (χ1n) is 8.98. The highest BCUT2D eigenvalue weighted by Gasteiger charge is 2.29. The molecule has 0 atom stereocenters. The highest BCUT2D eigenvalue weighted by Crippen LogP contribution is 2.27. The molecule has 0 spiro atoms. The highest BCUT2D eigenvalue weighted by atomic mass is 16.5. The Morgan fingerprint density at radius 2 is 1.69 bits per heavy atom. The zero-order valence-electron chi connectivity index (χ0n) is 15.8. The third kappa shape index (κ3) is 3.65. The quantitative estimate of drug-likeness (QED) is 0.517. The van der Waals surface area contributed by atoms with Gasteiger partial charge in [-0.05, 0) is 48.9 Å². The van der Waals surface area contributed by atoms with E-state index < -0.39 is 11.6 Å². The first kappa shape index (κ1) is 18.6. The molecule has 6 heteroatoms. The lowest BCUT2D eigenvalue weighted by Crippen LogP contribution is -2.37. The van der Waals surface area contributed by atoms with E-state index in [4.69, 9.17) is 13.9 Å². The molecule has 6 nitrogen and oxygen atoms in total. The average molecular weight is 390 g/mol. The first-order chi connectivity index (χ1) is 13.8. The summed E-state index contributed by atoms with van der Waals surface area (Å²) in [6.07, 6.45) is 1.24. The molecule has 1 heterocycles. The number of hydrogen-bond acceptors (Lipinski definition) is 5. The number of carbonyl (C=O) groups is 1. The fourth-order valence-electron chi connectivity index (χ4n) is 2.92. The fraction of sp³-hybridized carbons (Fsp3) is 0.130. The molecular formula is C23H18O6. The van der Waals surface area contributed by atoms with Crippen LogP contribution < -0.4 is 14.9 Å². The maximum absolute atomic E-state index is 12.8. The highest BCUT2D eigenvalue weighted by molar-refractivity contribution is 5.84. The monoisotopic (exact) mass is 390 g/mol. The smallest absolute Gasteiger partial charge is 0.347 e. The van der Waals surface area contributed by atoms with Gasteiger partial charge in [0.1, 0.15) is 23.3 Å². The van der Waals surface area contributed by atoms with Crippen molar-refractivity contribution in [2.45, 2.75) is 19.4 Å². The Morgan fingerprint density at radius 1 is 0.966 bits per heavy atom. The van der Waals surface area contributed by atoms with Gasteiger partial charge in [0.25, 0.3) is 0 Å². The molecule has 0 bridgehead atoms. The normalized spacial score (nSPS) is 11.5. The van der Waals surface area contributed by atoms with Crippen LogP contribution in [-0.4, -0.2) is 16.7 Å². The third-order valence-corrected chi connectivity index (χ3v) is 4.55. The van der Waals surface area contributed by atoms with Gasteiger partial charge in [-0.25, -0.2) is 4.79 Å². The molecule has 0 aliphatic carbocycles. The first-order valence-corrected chi connectivity index (χ1v) is 8.98. The molecule has 0 radical (unpaired) electrons. The third-order valence-electron chi connectivity index (χ3n) is 4.55. The van der Waals surface area contributed by atoms with E-state index >= 15 is 0 Å². The number of aliphatic carboxylic acids is 1. The van der Waals surface area contributed by atoms with E-state index in [1.807, 2.05) is 36.4 Å². The van der Waals surface area contributed by atoms with E-state index in [1.165, 1.54) is 38.3 Å². The lowest BCUT2D eigenvalue weighted by molar-refractivity contribution is -0.152. The molecule has 0 aliphatic rings. The second kappa shape index (κ2) is 6.98. The van der Waals surface area contributed by atoms with E-state index in [-0.39, 0.29) is 22.5 Å². The molecule has 146 valence electrons. The molecule has 1 N–H and O–H groups in total. The van der Waals surface area contributed by atoms with Crippen LogP contribution in [0.2, 0.25) is 0 Å². The topological polar surface area (TPSA) is 86.0 Å². The number of carboxylic acids is 1. The van der Waals surface area contributed by atoms with Crippen molar-refractivity contribution in [3.8, 4) is 17.2 Å². The predicted octanol–water partition coefficient (Wildman–Crippen LogP) is 4.98. The summed E-state index contributed by atoms with van der Waals surface area (Å²) in [5.41, 5.74) is -1.46. The Balaban J connectivity index is 1.66. The van der Waals surface area contributed by atoms with Gasteiger partial charge in [-0.1, -0.05) is 30.3 Å². The summed E-state index contributed by atoms with van der Waals surface area (Å²) in [5.74, 6) is -0.222. The molecule has 0 fully saturated rings. The largest absolute Gasteiger partial charge is 0.478 e. The SMILES string of the molecule is CC(C)(Oc1ccc2c(=O)c(Oc3ccc4ccccc4c3)coc2c1)C(=O)O. The van der Waals surface area contributed by atoms with Gasteiger partial charge in [-0.15, -0.1) is 0 Å². The minimum Gasteiger partial charge on any atom is -0.478 e. The summed E-state index contributed by atoms with van der Waals surface area (Å²) >= 11 is 0. The number of benzene rings is 3. The second-order valence-corrected chi connectivity index (χ2v) is 7.12. The number of rotatable bonds is 5. The maximum Gasteiger partial charge on any atom is 0.347 e. The van der Waals surface area contributed by atoms with Crippen molar-refractivity contribution < 1.29 is 23.8 Å². The van der Waals surface area contributed by atoms with Crippen molar-refractivity contribution in [3.63, 3.8) is 0 Å². The molecular weight excluding hydrogens is 372 g/mol. The summed E-state index contributed by atoms with van der Waals surface area (Å²) in [4.78, 5) is 24.0. The van der Waals surface area contributed by atoms with Crippen molar-refractivity contribution in [1.82, 2.24) is 0 Å². The molecule has 0 saturated heterocycles. The molecule has 0 unspecified atom stereocenters. The summed E-state index contributed by atoms with van der Waals surface area (Å²) in [6, 6.07) is 18.0. The van der Waals surface area contributed by atoms with Crippen LogP contribution in [-0.2, 0) is 4.79 Å². The van der Waals surface area contributed by atoms with Crippen molar-refractivity contribution in [2.75, 3.05) is 0 Å². The summed E-state index contributed by atoms with van der Waals surface area (Å²) in [7, 11) is 0. The lowest BCUT2D eigenvalue weighted by Gasteiger charge is -2.21. The zero-order chi connectivity index (χ0) is 20.6. The number of fused-ring (bicyclic) bond motifs is 2. The Labute approximate surface area is 165 Å². The number of carboxylic acid groups (broad SMARTS) is 1. The Hall–Kier alpha value is -3.80. The van der Waals surface area contributed by atoms with Crippen LogP contribution in [0.15, 0.2) is 76.1 Å². The van der Waals surface area contributed by atoms with Crippen LogP contribution in [0, 0.1) is 0 Å². The predicted molar refractivity (Wildman–Crippen MR) is 109 cm³/mol. The van der Waals surface area contributed by atoms with Crippen LogP contribution in [0.4, 0.5) is 0 Å². The molecule has 29 heavy (non-hydrogen) atoms. The Kier molecular flexibility index (Phi) is 4.47. The van der Waals surface area contributed by atoms with Gasteiger partial charge in [0.15, 0.2) is 5.60 Å². The molecule has 0 saturated carbocycles. The summed E-state index contributed by atoms with van der Waals surface area (Å²) < 4.78 is 16.8.